The molecule has 0 amide bonds. The Morgan fingerprint density at radius 1 is 0.964 bits per heavy atom. The Bertz CT molecular complexity index is 609. The van der Waals surface area contributed by atoms with Crippen molar-refractivity contribution < 1.29 is 19.8 Å². The van der Waals surface area contributed by atoms with Crippen LogP contribution in [0.3, 0.4) is 0 Å². The minimum Gasteiger partial charge on any atom is -0.477 e. The van der Waals surface area contributed by atoms with Crippen molar-refractivity contribution in [1.29, 1.82) is 0 Å². The molecule has 0 saturated carbocycles. The number of rotatable bonds is 12. The van der Waals surface area contributed by atoms with Gasteiger partial charge in [-0.3, -0.25) is 0 Å². The van der Waals surface area contributed by atoms with Crippen LogP contribution in [0.1, 0.15) is 79.6 Å². The predicted molar refractivity (Wildman–Crippen MR) is 114 cm³/mol. The Kier molecular flexibility index (Phi) is 9.71. The molecular formula is C24H38O4. The highest BCUT2D eigenvalue weighted by molar-refractivity contribution is 6.13. The summed E-state index contributed by atoms with van der Waals surface area (Å²) < 4.78 is 0. The molecular weight excluding hydrogens is 352 g/mol. The summed E-state index contributed by atoms with van der Waals surface area (Å²) in [5.74, 6) is -1.93. The number of carbonyl (C=O) groups is 2. The van der Waals surface area contributed by atoms with E-state index in [1.807, 2.05) is 26.0 Å². The Balaban J connectivity index is 3.60. The van der Waals surface area contributed by atoms with E-state index in [0.29, 0.717) is 17.9 Å². The lowest BCUT2D eigenvalue weighted by Gasteiger charge is -2.43. The number of unbranched alkanes of at least 4 members (excludes halogenated alkanes) is 3. The number of hydrogen-bond donors (Lipinski definition) is 2. The van der Waals surface area contributed by atoms with Crippen LogP contribution in [0.5, 0.6) is 0 Å². The first-order valence-corrected chi connectivity index (χ1v) is 10.7. The van der Waals surface area contributed by atoms with E-state index in [1.54, 1.807) is 0 Å². The summed E-state index contributed by atoms with van der Waals surface area (Å²) >= 11 is 0. The largest absolute Gasteiger partial charge is 0.477 e. The molecule has 1 rings (SSSR count). The molecule has 0 aliphatic heterocycles. The standard InChI is InChI=1S/C24H38O4/c1-6-7-8-10-13-24(14-11-9-12-19(24)15-17(2)3)20(16-18(4)5)21(22(25)26)23(27)28/h9,11-12,14,17-19H,6-8,10,13,15-16H2,1-5H3,(H,25,26)(H,27,28). The van der Waals surface area contributed by atoms with Crippen molar-refractivity contribution in [3.8, 4) is 0 Å². The quantitative estimate of drug-likeness (QED) is 0.179. The van der Waals surface area contributed by atoms with Gasteiger partial charge in [-0.2, -0.15) is 0 Å². The van der Waals surface area contributed by atoms with Gasteiger partial charge in [0.1, 0.15) is 5.57 Å². The molecule has 0 heterocycles. The molecule has 4 heteroatoms. The molecule has 4 nitrogen and oxygen atoms in total. The van der Waals surface area contributed by atoms with Crippen molar-refractivity contribution >= 4 is 11.9 Å². The van der Waals surface area contributed by atoms with Crippen molar-refractivity contribution in [3.05, 3.63) is 35.5 Å². The van der Waals surface area contributed by atoms with E-state index in [1.165, 1.54) is 0 Å². The number of carboxylic acid groups (broad SMARTS) is 2. The van der Waals surface area contributed by atoms with E-state index >= 15 is 0 Å². The fourth-order valence-electron chi connectivity index (χ4n) is 4.39. The number of allylic oxidation sites excluding steroid dienone is 5. The smallest absolute Gasteiger partial charge is 0.343 e. The van der Waals surface area contributed by atoms with Gasteiger partial charge in [0.25, 0.3) is 0 Å². The van der Waals surface area contributed by atoms with Gasteiger partial charge in [0.2, 0.25) is 0 Å². The molecule has 2 atom stereocenters. The summed E-state index contributed by atoms with van der Waals surface area (Å²) in [5.41, 5.74) is -0.383. The molecule has 0 aromatic carbocycles. The maximum absolute atomic E-state index is 12.0. The van der Waals surface area contributed by atoms with Crippen molar-refractivity contribution in [2.45, 2.75) is 79.6 Å². The first-order valence-electron chi connectivity index (χ1n) is 10.7. The van der Waals surface area contributed by atoms with Gasteiger partial charge < -0.3 is 10.2 Å². The SMILES string of the molecule is CCCCCCC1(C(CC(C)C)=C(C(=O)O)C(=O)O)C=CC=CC1CC(C)C. The monoisotopic (exact) mass is 390 g/mol. The zero-order valence-corrected chi connectivity index (χ0v) is 18.2. The maximum atomic E-state index is 12.0. The molecule has 0 radical (unpaired) electrons. The lowest BCUT2D eigenvalue weighted by atomic mass is 9.60. The van der Waals surface area contributed by atoms with Crippen molar-refractivity contribution in [2.75, 3.05) is 0 Å². The fourth-order valence-corrected chi connectivity index (χ4v) is 4.39. The number of aliphatic carboxylic acids is 2. The molecule has 0 aromatic heterocycles. The number of carboxylic acids is 2. The van der Waals surface area contributed by atoms with E-state index in [-0.39, 0.29) is 11.8 Å². The summed E-state index contributed by atoms with van der Waals surface area (Å²) in [6.45, 7) is 10.5. The third kappa shape index (κ3) is 6.35. The summed E-state index contributed by atoms with van der Waals surface area (Å²) in [5, 5.41) is 19.5. The third-order valence-electron chi connectivity index (χ3n) is 5.58. The van der Waals surface area contributed by atoms with Crippen molar-refractivity contribution in [1.82, 2.24) is 0 Å². The molecule has 0 bridgehead atoms. The van der Waals surface area contributed by atoms with Crippen LogP contribution in [0.2, 0.25) is 0 Å². The molecule has 1 aliphatic rings. The van der Waals surface area contributed by atoms with E-state index in [4.69, 9.17) is 0 Å². The van der Waals surface area contributed by atoms with Crippen LogP contribution < -0.4 is 0 Å². The minimum atomic E-state index is -1.33. The van der Waals surface area contributed by atoms with Gasteiger partial charge >= 0.3 is 11.9 Å². The zero-order chi connectivity index (χ0) is 21.3. The molecule has 0 spiro atoms. The molecule has 2 N–H and O–H groups in total. The van der Waals surface area contributed by atoms with Gasteiger partial charge in [-0.25, -0.2) is 9.59 Å². The predicted octanol–water partition coefficient (Wildman–Crippen LogP) is 6.24. The highest BCUT2D eigenvalue weighted by Gasteiger charge is 2.43. The first kappa shape index (κ1) is 24.2. The first-order chi connectivity index (χ1) is 13.2. The van der Waals surface area contributed by atoms with E-state index in [0.717, 1.165) is 38.5 Å². The van der Waals surface area contributed by atoms with E-state index < -0.39 is 22.9 Å². The Hall–Kier alpha value is -1.84. The molecule has 0 fully saturated rings. The summed E-state index contributed by atoms with van der Waals surface area (Å²) in [7, 11) is 0. The van der Waals surface area contributed by atoms with E-state index in [2.05, 4.69) is 32.9 Å². The Morgan fingerprint density at radius 3 is 2.11 bits per heavy atom. The van der Waals surface area contributed by atoms with Gasteiger partial charge in [-0.15, -0.1) is 0 Å². The average molecular weight is 391 g/mol. The van der Waals surface area contributed by atoms with Crippen LogP contribution in [0.15, 0.2) is 35.5 Å². The topological polar surface area (TPSA) is 74.6 Å². The van der Waals surface area contributed by atoms with Crippen molar-refractivity contribution in [3.63, 3.8) is 0 Å². The van der Waals surface area contributed by atoms with Crippen LogP contribution in [-0.2, 0) is 9.59 Å². The second kappa shape index (κ2) is 11.2. The van der Waals surface area contributed by atoms with Crippen LogP contribution in [0.25, 0.3) is 0 Å². The molecule has 1 aliphatic carbocycles. The zero-order valence-electron chi connectivity index (χ0n) is 18.2. The average Bonchev–Trinajstić information content (AvgIpc) is 2.58. The second-order valence-electron chi connectivity index (χ2n) is 8.89. The van der Waals surface area contributed by atoms with Gasteiger partial charge in [0, 0.05) is 5.41 Å². The molecule has 28 heavy (non-hydrogen) atoms. The maximum Gasteiger partial charge on any atom is 0.343 e. The van der Waals surface area contributed by atoms with Gasteiger partial charge in [0.15, 0.2) is 0 Å². The third-order valence-corrected chi connectivity index (χ3v) is 5.58. The highest BCUT2D eigenvalue weighted by Crippen LogP contribution is 2.50. The fraction of sp³-hybridized carbons (Fsp3) is 0.667. The van der Waals surface area contributed by atoms with E-state index in [9.17, 15) is 19.8 Å². The summed E-state index contributed by atoms with van der Waals surface area (Å²) in [6.07, 6.45) is 14.7. The second-order valence-corrected chi connectivity index (χ2v) is 8.89. The summed E-state index contributed by atoms with van der Waals surface area (Å²) in [4.78, 5) is 23.9. The van der Waals surface area contributed by atoms with Crippen LogP contribution in [-0.4, -0.2) is 22.2 Å². The number of hydrogen-bond acceptors (Lipinski definition) is 2. The van der Waals surface area contributed by atoms with Gasteiger partial charge in [0.05, 0.1) is 0 Å². The van der Waals surface area contributed by atoms with Crippen LogP contribution >= 0.6 is 0 Å². The van der Waals surface area contributed by atoms with Gasteiger partial charge in [-0.1, -0.05) is 84.6 Å². The van der Waals surface area contributed by atoms with Crippen molar-refractivity contribution in [2.24, 2.45) is 23.2 Å². The Labute approximate surface area is 170 Å². The van der Waals surface area contributed by atoms with Crippen LogP contribution in [0, 0.1) is 23.2 Å². The highest BCUT2D eigenvalue weighted by atomic mass is 16.4. The molecule has 0 aromatic rings. The molecule has 0 saturated heterocycles. The minimum absolute atomic E-state index is 0.113. The Morgan fingerprint density at radius 2 is 1.61 bits per heavy atom. The summed E-state index contributed by atoms with van der Waals surface area (Å²) in [6, 6.07) is 0. The molecule has 2 unspecified atom stereocenters. The lowest BCUT2D eigenvalue weighted by molar-refractivity contribution is -0.140. The lowest BCUT2D eigenvalue weighted by Crippen LogP contribution is -2.36. The molecule has 158 valence electrons. The normalized spacial score (nSPS) is 21.3. The van der Waals surface area contributed by atoms with Gasteiger partial charge in [-0.05, 0) is 42.6 Å². The van der Waals surface area contributed by atoms with Crippen LogP contribution in [0.4, 0.5) is 0 Å².